The smallest absolute Gasteiger partial charge is 0.278 e. The van der Waals surface area contributed by atoms with Gasteiger partial charge in [0, 0.05) is 61.1 Å². The van der Waals surface area contributed by atoms with Gasteiger partial charge in [-0.05, 0) is 72.7 Å². The zero-order chi connectivity index (χ0) is 37.4. The van der Waals surface area contributed by atoms with Gasteiger partial charge in [-0.3, -0.25) is 24.6 Å². The maximum Gasteiger partial charge on any atom is 0.278 e. The predicted molar refractivity (Wildman–Crippen MR) is 216 cm³/mol. The standard InChI is InChI=1S/C40H42IN9O4/c1-2-18-49-38(53)32-24-42-39(46-36(32)50(49)33-13-7-28-15-17-40(54,25-41)35(28)44-33)43-29-8-10-30(11-9-29)48-22-20-47(21-23-48)19-16-26-3-5-27(6-4-26)31-12-14-34(51)45-37(31)52/h2-11,13,24,31,54H,1,12,14-23,25H2,(H,42,43,46)(H,45,51,52)/t31?,40-/m0/s1. The Morgan fingerprint density at radius 2 is 1.76 bits per heavy atom. The summed E-state index contributed by atoms with van der Waals surface area (Å²) in [5, 5.41) is 17.3. The fourth-order valence-corrected chi connectivity index (χ4v) is 8.47. The van der Waals surface area contributed by atoms with E-state index < -0.39 is 5.60 Å². The molecule has 1 aliphatic carbocycles. The summed E-state index contributed by atoms with van der Waals surface area (Å²) in [6.07, 6.45) is 6.46. The van der Waals surface area contributed by atoms with Crippen molar-refractivity contribution in [3.05, 3.63) is 112 Å². The molecule has 5 aromatic rings. The van der Waals surface area contributed by atoms with E-state index in [9.17, 15) is 19.5 Å². The highest BCUT2D eigenvalue weighted by molar-refractivity contribution is 14.1. The van der Waals surface area contributed by atoms with Crippen LogP contribution >= 0.6 is 22.6 Å². The van der Waals surface area contributed by atoms with Gasteiger partial charge in [0.1, 0.15) is 11.0 Å². The summed E-state index contributed by atoms with van der Waals surface area (Å²) in [7, 11) is 0. The number of piperidine rings is 1. The topological polar surface area (TPSA) is 151 Å². The van der Waals surface area contributed by atoms with Crippen molar-refractivity contribution >= 4 is 62.8 Å². The zero-order valence-corrected chi connectivity index (χ0v) is 32.0. The van der Waals surface area contributed by atoms with Crippen molar-refractivity contribution in [1.29, 1.82) is 0 Å². The van der Waals surface area contributed by atoms with Crippen LogP contribution in [0.5, 0.6) is 0 Å². The number of alkyl halides is 1. The van der Waals surface area contributed by atoms with Gasteiger partial charge in [-0.2, -0.15) is 4.98 Å². The van der Waals surface area contributed by atoms with Crippen LogP contribution < -0.4 is 21.1 Å². The third kappa shape index (κ3) is 7.05. The van der Waals surface area contributed by atoms with Gasteiger partial charge in [0.15, 0.2) is 11.5 Å². The molecule has 13 nitrogen and oxygen atoms in total. The molecule has 2 amide bonds. The number of nitrogens with zero attached hydrogens (tertiary/aromatic N) is 7. The first-order valence-corrected chi connectivity index (χ1v) is 19.9. The highest BCUT2D eigenvalue weighted by Crippen LogP contribution is 2.37. The predicted octanol–water partition coefficient (Wildman–Crippen LogP) is 4.36. The Hall–Kier alpha value is -4.93. The van der Waals surface area contributed by atoms with Gasteiger partial charge >= 0.3 is 0 Å². The van der Waals surface area contributed by atoms with Gasteiger partial charge in [-0.25, -0.2) is 19.3 Å². The van der Waals surface area contributed by atoms with Crippen LogP contribution in [0.25, 0.3) is 16.9 Å². The van der Waals surface area contributed by atoms with Crippen LogP contribution in [0.4, 0.5) is 17.3 Å². The molecule has 2 saturated heterocycles. The van der Waals surface area contributed by atoms with Gasteiger partial charge in [-0.1, -0.05) is 59.0 Å². The van der Waals surface area contributed by atoms with Gasteiger partial charge in [0.25, 0.3) is 5.56 Å². The first-order chi connectivity index (χ1) is 26.2. The first-order valence-electron chi connectivity index (χ1n) is 18.4. The van der Waals surface area contributed by atoms with Crippen molar-refractivity contribution in [1.82, 2.24) is 34.5 Å². The Bertz CT molecular complexity index is 2280. The maximum atomic E-state index is 13.5. The minimum Gasteiger partial charge on any atom is -0.383 e. The number of carbonyl (C=O) groups is 2. The molecular weight excluding hydrogens is 797 g/mol. The Balaban J connectivity index is 0.904. The molecule has 3 N–H and O–H groups in total. The van der Waals surface area contributed by atoms with E-state index in [1.807, 2.05) is 36.4 Å². The Kier molecular flexibility index (Phi) is 10.1. The van der Waals surface area contributed by atoms with Crippen LogP contribution in [-0.4, -0.2) is 83.3 Å². The molecule has 8 rings (SSSR count). The summed E-state index contributed by atoms with van der Waals surface area (Å²) in [6.45, 7) is 8.84. The number of aliphatic hydroxyl groups is 1. The number of rotatable bonds is 11. The number of halogens is 1. The van der Waals surface area contributed by atoms with Crippen LogP contribution in [-0.2, 0) is 34.6 Å². The summed E-state index contributed by atoms with van der Waals surface area (Å²) < 4.78 is 3.76. The molecule has 2 aromatic carbocycles. The molecule has 0 bridgehead atoms. The van der Waals surface area contributed by atoms with E-state index in [2.05, 4.69) is 78.9 Å². The van der Waals surface area contributed by atoms with E-state index in [1.54, 1.807) is 21.6 Å². The second-order valence-corrected chi connectivity index (χ2v) is 15.0. The third-order valence-corrected chi connectivity index (χ3v) is 12.1. The van der Waals surface area contributed by atoms with E-state index in [0.717, 1.165) is 68.1 Å². The largest absolute Gasteiger partial charge is 0.383 e. The molecule has 0 radical (unpaired) electrons. The Labute approximate surface area is 326 Å². The number of amides is 2. The molecule has 1 unspecified atom stereocenters. The number of nitrogens with one attached hydrogen (secondary N) is 2. The van der Waals surface area contributed by atoms with E-state index in [0.29, 0.717) is 52.2 Å². The number of benzene rings is 2. The van der Waals surface area contributed by atoms with Gasteiger partial charge in [0.2, 0.25) is 17.8 Å². The summed E-state index contributed by atoms with van der Waals surface area (Å²) in [4.78, 5) is 56.2. The molecule has 0 saturated carbocycles. The van der Waals surface area contributed by atoms with Crippen molar-refractivity contribution < 1.29 is 14.7 Å². The number of carbonyl (C=O) groups excluding carboxylic acids is 2. The molecule has 2 atom stereocenters. The van der Waals surface area contributed by atoms with Crippen molar-refractivity contribution in [3.8, 4) is 5.82 Å². The van der Waals surface area contributed by atoms with Crippen LogP contribution in [0.2, 0.25) is 0 Å². The lowest BCUT2D eigenvalue weighted by atomic mass is 9.90. The highest BCUT2D eigenvalue weighted by Gasteiger charge is 2.38. The van der Waals surface area contributed by atoms with Crippen molar-refractivity contribution in [2.45, 2.75) is 50.2 Å². The molecule has 3 aliphatic rings. The van der Waals surface area contributed by atoms with Crippen LogP contribution in [0.3, 0.4) is 0 Å². The van der Waals surface area contributed by atoms with Crippen LogP contribution in [0, 0.1) is 0 Å². The fourth-order valence-electron chi connectivity index (χ4n) is 7.73. The summed E-state index contributed by atoms with van der Waals surface area (Å²) in [5.74, 6) is 0.212. The van der Waals surface area contributed by atoms with Gasteiger partial charge in [-0.15, -0.1) is 6.58 Å². The monoisotopic (exact) mass is 839 g/mol. The molecule has 0 spiro atoms. The second-order valence-electron chi connectivity index (χ2n) is 14.3. The van der Waals surface area contributed by atoms with E-state index in [1.165, 1.54) is 5.56 Å². The zero-order valence-electron chi connectivity index (χ0n) is 29.9. The molecule has 5 heterocycles. The summed E-state index contributed by atoms with van der Waals surface area (Å²) in [6, 6.07) is 20.3. The summed E-state index contributed by atoms with van der Waals surface area (Å²) >= 11 is 2.20. The number of hydrogen-bond donors (Lipinski definition) is 3. The quantitative estimate of drug-likeness (QED) is 0.0759. The number of pyridine rings is 1. The molecule has 2 fully saturated rings. The Morgan fingerprint density at radius 3 is 2.48 bits per heavy atom. The number of fused-ring (bicyclic) bond motifs is 2. The first kappa shape index (κ1) is 36.1. The lowest BCUT2D eigenvalue weighted by Crippen LogP contribution is -2.47. The van der Waals surface area contributed by atoms with Crippen molar-refractivity contribution in [2.24, 2.45) is 0 Å². The SMILES string of the molecule is C=CCn1c(=O)c2cnc(Nc3ccc(N4CCN(CCc5ccc(C6CCC(=O)NC6=O)cc5)CC4)cc3)nc2n1-c1ccc2c(n1)[C@@](O)(CI)CC2. The number of piperazine rings is 1. The highest BCUT2D eigenvalue weighted by atomic mass is 127. The lowest BCUT2D eigenvalue weighted by Gasteiger charge is -2.36. The number of hydrogen-bond acceptors (Lipinski definition) is 10. The number of aromatic nitrogens is 5. The molecule has 54 heavy (non-hydrogen) atoms. The van der Waals surface area contributed by atoms with Crippen LogP contribution in [0.1, 0.15) is 47.6 Å². The third-order valence-electron chi connectivity index (χ3n) is 10.8. The summed E-state index contributed by atoms with van der Waals surface area (Å²) in [5.41, 5.74) is 5.01. The second kappa shape index (κ2) is 15.1. The normalized spacial score (nSPS) is 20.3. The van der Waals surface area contributed by atoms with Crippen molar-refractivity contribution in [3.63, 3.8) is 0 Å². The maximum absolute atomic E-state index is 13.5. The number of allylic oxidation sites excluding steroid dienone is 1. The van der Waals surface area contributed by atoms with Gasteiger partial charge < -0.3 is 15.3 Å². The van der Waals surface area contributed by atoms with E-state index in [4.69, 9.17) is 9.97 Å². The minimum absolute atomic E-state index is 0.190. The number of anilines is 3. The average molecular weight is 840 g/mol. The molecule has 14 heteroatoms. The Morgan fingerprint density at radius 1 is 0.981 bits per heavy atom. The molecule has 2 aliphatic heterocycles. The fraction of sp³-hybridized carbons (Fsp3) is 0.350. The minimum atomic E-state index is -1.00. The molecule has 3 aromatic heterocycles. The number of imide groups is 1. The molecule has 278 valence electrons. The van der Waals surface area contributed by atoms with Gasteiger partial charge in [0.05, 0.1) is 18.2 Å². The van der Waals surface area contributed by atoms with E-state index >= 15 is 0 Å². The average Bonchev–Trinajstić information content (AvgIpc) is 3.67. The molecular formula is C40H42IN9O4. The van der Waals surface area contributed by atoms with E-state index in [-0.39, 0.29) is 29.8 Å². The van der Waals surface area contributed by atoms with Crippen LogP contribution in [0.15, 0.2) is 84.3 Å². The lowest BCUT2D eigenvalue weighted by molar-refractivity contribution is -0.134. The van der Waals surface area contributed by atoms with Crippen molar-refractivity contribution in [2.75, 3.05) is 47.4 Å². The number of aryl methyl sites for hydroxylation is 1.